The number of hydrogen-bond donors (Lipinski definition) is 0. The van der Waals surface area contributed by atoms with Crippen molar-refractivity contribution < 1.29 is 27.1 Å². The fourth-order valence-electron chi connectivity index (χ4n) is 4.25. The van der Waals surface area contributed by atoms with Crippen LogP contribution in [0.4, 0.5) is 22.4 Å². The number of hydrogen-bond acceptors (Lipinski definition) is 3. The Balaban J connectivity index is 2.33. The largest absolute Gasteiger partial charge is 0.444 e. The number of alkyl halides is 3. The quantitative estimate of drug-likeness (QED) is 0.512. The number of rotatable bonds is 4. The van der Waals surface area contributed by atoms with E-state index in [4.69, 9.17) is 4.74 Å². The molecule has 1 aliphatic heterocycles. The molecule has 8 heteroatoms. The van der Waals surface area contributed by atoms with Gasteiger partial charge in [0, 0.05) is 31.2 Å². The van der Waals surface area contributed by atoms with Gasteiger partial charge < -0.3 is 9.64 Å². The van der Waals surface area contributed by atoms with E-state index in [0.717, 1.165) is 18.6 Å². The Hall–Kier alpha value is -1.83. The first-order valence-electron chi connectivity index (χ1n) is 10.8. The van der Waals surface area contributed by atoms with Gasteiger partial charge in [0.25, 0.3) is 0 Å². The van der Waals surface area contributed by atoms with Crippen molar-refractivity contribution in [2.45, 2.75) is 84.8 Å². The summed E-state index contributed by atoms with van der Waals surface area (Å²) >= 11 is 0. The third-order valence-corrected chi connectivity index (χ3v) is 5.61. The molecule has 3 atom stereocenters. The first-order chi connectivity index (χ1) is 14.2. The van der Waals surface area contributed by atoms with Crippen molar-refractivity contribution in [3.63, 3.8) is 0 Å². The maximum absolute atomic E-state index is 14.3. The zero-order valence-corrected chi connectivity index (χ0v) is 19.4. The van der Waals surface area contributed by atoms with Crippen molar-refractivity contribution in [3.05, 3.63) is 35.1 Å². The summed E-state index contributed by atoms with van der Waals surface area (Å²) in [5.41, 5.74) is -1.35. The lowest BCUT2D eigenvalue weighted by molar-refractivity contribution is -0.140. The number of nitrogens with zero attached hydrogens (tertiary/aromatic N) is 2. The van der Waals surface area contributed by atoms with E-state index >= 15 is 0 Å². The second kappa shape index (κ2) is 9.35. The minimum Gasteiger partial charge on any atom is -0.444 e. The summed E-state index contributed by atoms with van der Waals surface area (Å²) in [6.45, 7) is 14.3. The van der Waals surface area contributed by atoms with Gasteiger partial charge in [0.2, 0.25) is 0 Å². The fraction of sp³-hybridized carbons (Fsp3) is 0.696. The summed E-state index contributed by atoms with van der Waals surface area (Å²) in [6, 6.07) is 2.74. The molecule has 1 heterocycles. The normalized spacial score (nSPS) is 22.0. The van der Waals surface area contributed by atoms with Crippen LogP contribution in [0.15, 0.2) is 18.2 Å². The van der Waals surface area contributed by atoms with Gasteiger partial charge in [-0.2, -0.15) is 13.2 Å². The van der Waals surface area contributed by atoms with E-state index in [-0.39, 0.29) is 30.1 Å². The summed E-state index contributed by atoms with van der Waals surface area (Å²) in [7, 11) is 0. The van der Waals surface area contributed by atoms with Crippen LogP contribution in [0.2, 0.25) is 0 Å². The predicted octanol–water partition coefficient (Wildman–Crippen LogP) is 6.26. The summed E-state index contributed by atoms with van der Waals surface area (Å²) < 4.78 is 58.8. The SMILES string of the molecule is CC[C@@H]1CN(C(=O)OC(C)(C)C)[C@@H](C)CN1C(c1ccc(C(F)(F)F)c(F)c1)C(C)C. The van der Waals surface area contributed by atoms with E-state index in [2.05, 4.69) is 4.90 Å². The van der Waals surface area contributed by atoms with Gasteiger partial charge in [-0.25, -0.2) is 9.18 Å². The van der Waals surface area contributed by atoms with Crippen molar-refractivity contribution in [2.75, 3.05) is 13.1 Å². The maximum Gasteiger partial charge on any atom is 0.419 e. The van der Waals surface area contributed by atoms with Crippen LogP contribution in [0.3, 0.4) is 0 Å². The van der Waals surface area contributed by atoms with E-state index in [1.165, 1.54) is 6.07 Å². The Bertz CT molecular complexity index is 774. The average molecular weight is 447 g/mol. The molecule has 1 aliphatic rings. The molecule has 1 aromatic carbocycles. The number of amides is 1. The molecule has 1 amide bonds. The number of ether oxygens (including phenoxy) is 1. The number of benzene rings is 1. The lowest BCUT2D eigenvalue weighted by Gasteiger charge is -2.49. The van der Waals surface area contributed by atoms with Gasteiger partial charge in [0.15, 0.2) is 0 Å². The first-order valence-corrected chi connectivity index (χ1v) is 10.8. The summed E-state index contributed by atoms with van der Waals surface area (Å²) in [6.07, 6.45) is -4.37. The summed E-state index contributed by atoms with van der Waals surface area (Å²) in [5.74, 6) is -1.23. The molecule has 1 saturated heterocycles. The Kier molecular flexibility index (Phi) is 7.67. The predicted molar refractivity (Wildman–Crippen MR) is 112 cm³/mol. The Morgan fingerprint density at radius 3 is 2.26 bits per heavy atom. The van der Waals surface area contributed by atoms with Crippen molar-refractivity contribution in [1.29, 1.82) is 0 Å². The van der Waals surface area contributed by atoms with Gasteiger partial charge in [0.05, 0.1) is 5.56 Å². The van der Waals surface area contributed by atoms with Crippen LogP contribution in [-0.2, 0) is 10.9 Å². The number of halogens is 4. The zero-order valence-electron chi connectivity index (χ0n) is 19.4. The number of piperazine rings is 1. The van der Waals surface area contributed by atoms with Crippen LogP contribution in [0.5, 0.6) is 0 Å². The van der Waals surface area contributed by atoms with Gasteiger partial charge in [-0.05, 0) is 57.7 Å². The highest BCUT2D eigenvalue weighted by Gasteiger charge is 2.40. The highest BCUT2D eigenvalue weighted by Crippen LogP contribution is 2.37. The molecule has 0 aromatic heterocycles. The molecule has 2 rings (SSSR count). The molecule has 0 bridgehead atoms. The molecule has 1 fully saturated rings. The zero-order chi connectivity index (χ0) is 23.7. The third-order valence-electron chi connectivity index (χ3n) is 5.61. The minimum absolute atomic E-state index is 0.0264. The maximum atomic E-state index is 14.3. The third kappa shape index (κ3) is 6.11. The van der Waals surface area contributed by atoms with Crippen molar-refractivity contribution in [1.82, 2.24) is 9.80 Å². The van der Waals surface area contributed by atoms with E-state index in [1.54, 1.807) is 4.90 Å². The van der Waals surface area contributed by atoms with Crippen molar-refractivity contribution in [3.8, 4) is 0 Å². The van der Waals surface area contributed by atoms with Gasteiger partial charge in [-0.15, -0.1) is 0 Å². The molecule has 0 radical (unpaired) electrons. The molecule has 31 heavy (non-hydrogen) atoms. The first kappa shape index (κ1) is 25.4. The molecule has 176 valence electrons. The number of carbonyl (C=O) groups excluding carboxylic acids is 1. The molecule has 0 N–H and O–H groups in total. The standard InChI is InChI=1S/C23H34F4N2O2/c1-8-17-13-28(21(30)31-22(5,6)7)15(4)12-29(17)20(14(2)3)16-9-10-18(19(24)11-16)23(25,26)27/h9-11,14-15,17,20H,8,12-13H2,1-7H3/t15-,17+,20?/m0/s1. The van der Waals surface area contributed by atoms with Crippen LogP contribution >= 0.6 is 0 Å². The van der Waals surface area contributed by atoms with Crippen LogP contribution in [-0.4, -0.2) is 46.7 Å². The van der Waals surface area contributed by atoms with Crippen molar-refractivity contribution in [2.24, 2.45) is 5.92 Å². The van der Waals surface area contributed by atoms with Crippen LogP contribution < -0.4 is 0 Å². The summed E-state index contributed by atoms with van der Waals surface area (Å²) in [4.78, 5) is 16.6. The van der Waals surface area contributed by atoms with Gasteiger partial charge in [-0.3, -0.25) is 4.90 Å². The lowest BCUT2D eigenvalue weighted by atomic mass is 9.90. The smallest absolute Gasteiger partial charge is 0.419 e. The Morgan fingerprint density at radius 2 is 1.81 bits per heavy atom. The lowest BCUT2D eigenvalue weighted by Crippen LogP contribution is -2.60. The highest BCUT2D eigenvalue weighted by atomic mass is 19.4. The van der Waals surface area contributed by atoms with E-state index in [0.29, 0.717) is 18.7 Å². The molecule has 1 aromatic rings. The second-order valence-electron chi connectivity index (χ2n) is 9.67. The van der Waals surface area contributed by atoms with Crippen LogP contribution in [0.1, 0.15) is 72.1 Å². The minimum atomic E-state index is -4.73. The van der Waals surface area contributed by atoms with Crippen LogP contribution in [0.25, 0.3) is 0 Å². The van der Waals surface area contributed by atoms with Crippen molar-refractivity contribution >= 4 is 6.09 Å². The highest BCUT2D eigenvalue weighted by molar-refractivity contribution is 5.68. The van der Waals surface area contributed by atoms with E-state index in [1.807, 2.05) is 48.5 Å². The van der Waals surface area contributed by atoms with Gasteiger partial charge in [0.1, 0.15) is 11.4 Å². The summed E-state index contributed by atoms with van der Waals surface area (Å²) in [5, 5.41) is 0. The fourth-order valence-corrected chi connectivity index (χ4v) is 4.25. The Morgan fingerprint density at radius 1 is 1.19 bits per heavy atom. The van der Waals surface area contributed by atoms with Gasteiger partial charge >= 0.3 is 12.3 Å². The second-order valence-corrected chi connectivity index (χ2v) is 9.67. The van der Waals surface area contributed by atoms with Crippen LogP contribution in [0, 0.1) is 11.7 Å². The molecule has 0 aliphatic carbocycles. The molecule has 1 unspecified atom stereocenters. The molecule has 0 spiro atoms. The van der Waals surface area contributed by atoms with E-state index in [9.17, 15) is 22.4 Å². The topological polar surface area (TPSA) is 32.8 Å². The average Bonchev–Trinajstić information content (AvgIpc) is 2.59. The molecule has 4 nitrogen and oxygen atoms in total. The molecular formula is C23H34F4N2O2. The monoisotopic (exact) mass is 446 g/mol. The number of carbonyl (C=O) groups is 1. The molecular weight excluding hydrogens is 412 g/mol. The van der Waals surface area contributed by atoms with E-state index < -0.39 is 23.2 Å². The van der Waals surface area contributed by atoms with Gasteiger partial charge in [-0.1, -0.05) is 26.8 Å². The Labute approximate surface area is 182 Å². The molecule has 0 saturated carbocycles.